The molecular formula is C14H21ClN2. The smallest absolute Gasteiger partial charge is 0.0450 e. The van der Waals surface area contributed by atoms with Crippen molar-refractivity contribution in [2.45, 2.75) is 44.8 Å². The number of hydrogen-bond donors (Lipinski definition) is 2. The first-order valence-electron chi connectivity index (χ1n) is 6.46. The van der Waals surface area contributed by atoms with Gasteiger partial charge in [0.15, 0.2) is 0 Å². The van der Waals surface area contributed by atoms with Crippen molar-refractivity contribution in [2.24, 2.45) is 0 Å². The SMILES string of the molecule is CC1CCCC(CNCc2ccccc2Cl)N1. The van der Waals surface area contributed by atoms with Crippen molar-refractivity contribution in [2.75, 3.05) is 6.54 Å². The van der Waals surface area contributed by atoms with Crippen molar-refractivity contribution in [3.05, 3.63) is 34.9 Å². The zero-order valence-electron chi connectivity index (χ0n) is 10.4. The summed E-state index contributed by atoms with van der Waals surface area (Å²) in [4.78, 5) is 0. The van der Waals surface area contributed by atoms with Crippen molar-refractivity contribution in [3.8, 4) is 0 Å². The summed E-state index contributed by atoms with van der Waals surface area (Å²) in [5.74, 6) is 0. The van der Waals surface area contributed by atoms with E-state index in [2.05, 4.69) is 23.6 Å². The fourth-order valence-corrected chi connectivity index (χ4v) is 2.63. The molecule has 1 aliphatic rings. The third-order valence-electron chi connectivity index (χ3n) is 3.37. The van der Waals surface area contributed by atoms with Crippen molar-refractivity contribution < 1.29 is 0 Å². The van der Waals surface area contributed by atoms with Gasteiger partial charge in [-0.05, 0) is 31.4 Å². The van der Waals surface area contributed by atoms with Gasteiger partial charge in [-0.2, -0.15) is 0 Å². The average Bonchev–Trinajstić information content (AvgIpc) is 2.32. The first-order chi connectivity index (χ1) is 8.25. The molecule has 0 amide bonds. The van der Waals surface area contributed by atoms with Gasteiger partial charge in [0.05, 0.1) is 0 Å². The number of nitrogens with one attached hydrogen (secondary N) is 2. The summed E-state index contributed by atoms with van der Waals surface area (Å²) in [6.45, 7) is 4.14. The molecule has 0 bridgehead atoms. The van der Waals surface area contributed by atoms with Gasteiger partial charge < -0.3 is 10.6 Å². The van der Waals surface area contributed by atoms with Gasteiger partial charge >= 0.3 is 0 Å². The molecule has 1 aromatic carbocycles. The van der Waals surface area contributed by atoms with E-state index in [1.807, 2.05) is 18.2 Å². The molecule has 94 valence electrons. The summed E-state index contributed by atoms with van der Waals surface area (Å²) >= 11 is 6.11. The quantitative estimate of drug-likeness (QED) is 0.861. The molecule has 1 aromatic rings. The minimum atomic E-state index is 0.612. The lowest BCUT2D eigenvalue weighted by atomic mass is 9.99. The Kier molecular flexibility index (Phi) is 4.84. The highest BCUT2D eigenvalue weighted by Crippen LogP contribution is 2.15. The van der Waals surface area contributed by atoms with E-state index >= 15 is 0 Å². The maximum Gasteiger partial charge on any atom is 0.0450 e. The molecule has 0 aromatic heterocycles. The molecule has 1 fully saturated rings. The molecule has 0 radical (unpaired) electrons. The fraction of sp³-hybridized carbons (Fsp3) is 0.571. The number of rotatable bonds is 4. The molecule has 2 atom stereocenters. The van der Waals surface area contributed by atoms with E-state index in [4.69, 9.17) is 11.6 Å². The highest BCUT2D eigenvalue weighted by atomic mass is 35.5. The Balaban J connectivity index is 1.74. The van der Waals surface area contributed by atoms with Crippen molar-refractivity contribution in [3.63, 3.8) is 0 Å². The molecule has 2 unspecified atom stereocenters. The summed E-state index contributed by atoms with van der Waals surface area (Å²) in [5.41, 5.74) is 1.18. The summed E-state index contributed by atoms with van der Waals surface area (Å²) in [6.07, 6.45) is 3.92. The standard InChI is InChI=1S/C14H21ClN2/c1-11-5-4-7-13(17-11)10-16-9-12-6-2-3-8-14(12)15/h2-3,6,8,11,13,16-17H,4-5,7,9-10H2,1H3. The Morgan fingerprint density at radius 1 is 1.35 bits per heavy atom. The first-order valence-corrected chi connectivity index (χ1v) is 6.83. The Labute approximate surface area is 109 Å². The van der Waals surface area contributed by atoms with Crippen LogP contribution in [0.3, 0.4) is 0 Å². The second-order valence-corrected chi connectivity index (χ2v) is 5.33. The van der Waals surface area contributed by atoms with Crippen LogP contribution in [0.15, 0.2) is 24.3 Å². The largest absolute Gasteiger partial charge is 0.311 e. The number of benzene rings is 1. The Morgan fingerprint density at radius 2 is 2.18 bits per heavy atom. The maximum atomic E-state index is 6.11. The van der Waals surface area contributed by atoms with E-state index in [0.717, 1.165) is 18.1 Å². The zero-order chi connectivity index (χ0) is 12.1. The van der Waals surface area contributed by atoms with Crippen LogP contribution in [0.5, 0.6) is 0 Å². The molecule has 0 aliphatic carbocycles. The van der Waals surface area contributed by atoms with Crippen LogP contribution in [0.2, 0.25) is 5.02 Å². The third-order valence-corrected chi connectivity index (χ3v) is 3.74. The van der Waals surface area contributed by atoms with E-state index in [-0.39, 0.29) is 0 Å². The zero-order valence-corrected chi connectivity index (χ0v) is 11.1. The summed E-state index contributed by atoms with van der Waals surface area (Å²) in [5, 5.41) is 7.96. The van der Waals surface area contributed by atoms with Crippen LogP contribution >= 0.6 is 11.6 Å². The summed E-state index contributed by atoms with van der Waals surface area (Å²) in [6, 6.07) is 9.29. The molecule has 1 saturated heterocycles. The Hall–Kier alpha value is -0.570. The van der Waals surface area contributed by atoms with Crippen LogP contribution in [0.4, 0.5) is 0 Å². The lowest BCUT2D eigenvalue weighted by Crippen LogP contribution is -2.45. The monoisotopic (exact) mass is 252 g/mol. The third kappa shape index (κ3) is 3.98. The van der Waals surface area contributed by atoms with Crippen LogP contribution < -0.4 is 10.6 Å². The molecule has 1 aliphatic heterocycles. The van der Waals surface area contributed by atoms with Crippen LogP contribution in [0, 0.1) is 0 Å². The van der Waals surface area contributed by atoms with E-state index in [9.17, 15) is 0 Å². The molecule has 1 heterocycles. The predicted molar refractivity (Wildman–Crippen MR) is 73.4 cm³/mol. The highest BCUT2D eigenvalue weighted by Gasteiger charge is 2.16. The highest BCUT2D eigenvalue weighted by molar-refractivity contribution is 6.31. The first kappa shape index (κ1) is 12.9. The lowest BCUT2D eigenvalue weighted by Gasteiger charge is -2.29. The second-order valence-electron chi connectivity index (χ2n) is 4.92. The van der Waals surface area contributed by atoms with Crippen LogP contribution in [0.1, 0.15) is 31.7 Å². The fourth-order valence-electron chi connectivity index (χ4n) is 2.42. The number of piperidine rings is 1. The maximum absolute atomic E-state index is 6.11. The number of halogens is 1. The second kappa shape index (κ2) is 6.39. The molecule has 2 rings (SSSR count). The van der Waals surface area contributed by atoms with Gasteiger partial charge in [-0.1, -0.05) is 36.2 Å². The van der Waals surface area contributed by atoms with E-state index in [1.165, 1.54) is 24.8 Å². The van der Waals surface area contributed by atoms with Gasteiger partial charge in [0.1, 0.15) is 0 Å². The molecule has 2 N–H and O–H groups in total. The Bertz CT molecular complexity index is 354. The topological polar surface area (TPSA) is 24.1 Å². The summed E-state index contributed by atoms with van der Waals surface area (Å²) in [7, 11) is 0. The number of hydrogen-bond acceptors (Lipinski definition) is 2. The average molecular weight is 253 g/mol. The molecule has 17 heavy (non-hydrogen) atoms. The normalized spacial score (nSPS) is 24.8. The van der Waals surface area contributed by atoms with Gasteiger partial charge in [0.25, 0.3) is 0 Å². The molecule has 0 saturated carbocycles. The van der Waals surface area contributed by atoms with Gasteiger partial charge in [0, 0.05) is 30.2 Å². The molecular weight excluding hydrogens is 232 g/mol. The molecule has 3 heteroatoms. The van der Waals surface area contributed by atoms with Gasteiger partial charge in [-0.3, -0.25) is 0 Å². The summed E-state index contributed by atoms with van der Waals surface area (Å²) < 4.78 is 0. The molecule has 2 nitrogen and oxygen atoms in total. The van der Waals surface area contributed by atoms with Crippen molar-refractivity contribution >= 4 is 11.6 Å². The van der Waals surface area contributed by atoms with Gasteiger partial charge in [-0.15, -0.1) is 0 Å². The van der Waals surface area contributed by atoms with Crippen LogP contribution in [0.25, 0.3) is 0 Å². The van der Waals surface area contributed by atoms with E-state index in [0.29, 0.717) is 12.1 Å². The van der Waals surface area contributed by atoms with Crippen molar-refractivity contribution in [1.29, 1.82) is 0 Å². The minimum absolute atomic E-state index is 0.612. The van der Waals surface area contributed by atoms with Crippen LogP contribution in [-0.2, 0) is 6.54 Å². The minimum Gasteiger partial charge on any atom is -0.311 e. The van der Waals surface area contributed by atoms with Crippen molar-refractivity contribution in [1.82, 2.24) is 10.6 Å². The van der Waals surface area contributed by atoms with Gasteiger partial charge in [-0.25, -0.2) is 0 Å². The van der Waals surface area contributed by atoms with E-state index < -0.39 is 0 Å². The Morgan fingerprint density at radius 3 is 2.94 bits per heavy atom. The van der Waals surface area contributed by atoms with E-state index in [1.54, 1.807) is 0 Å². The van der Waals surface area contributed by atoms with Crippen LogP contribution in [-0.4, -0.2) is 18.6 Å². The predicted octanol–water partition coefficient (Wildman–Crippen LogP) is 2.96. The molecule has 0 spiro atoms. The van der Waals surface area contributed by atoms with Gasteiger partial charge in [0.2, 0.25) is 0 Å². The lowest BCUT2D eigenvalue weighted by molar-refractivity contribution is 0.324.